The Morgan fingerprint density at radius 3 is 2.44 bits per heavy atom. The fourth-order valence-electron chi connectivity index (χ4n) is 0.958. The fourth-order valence-corrected chi connectivity index (χ4v) is 1.66. The molecule has 0 aliphatic carbocycles. The number of hydrogen-bond acceptors (Lipinski definition) is 3. The van der Waals surface area contributed by atoms with Gasteiger partial charge in [0.05, 0.1) is 13.2 Å². The lowest BCUT2D eigenvalue weighted by Gasteiger charge is -2.06. The molecule has 0 heterocycles. The number of ether oxygens (including phenoxy) is 2. The lowest BCUT2D eigenvalue weighted by Crippen LogP contribution is -2.16. The predicted octanol–water partition coefficient (Wildman–Crippen LogP) is 4.74. The van der Waals surface area contributed by atoms with E-state index in [1.165, 1.54) is 0 Å². The van der Waals surface area contributed by atoms with Crippen LogP contribution in [0.25, 0.3) is 0 Å². The van der Waals surface area contributed by atoms with Gasteiger partial charge in [-0.25, -0.2) is 4.79 Å². The van der Waals surface area contributed by atoms with Gasteiger partial charge in [0.1, 0.15) is 12.4 Å². The van der Waals surface area contributed by atoms with Gasteiger partial charge >= 0.3 is 5.97 Å². The third-order valence-electron chi connectivity index (χ3n) is 1.71. The van der Waals surface area contributed by atoms with E-state index >= 15 is 0 Å². The van der Waals surface area contributed by atoms with Crippen molar-refractivity contribution in [3.63, 3.8) is 0 Å². The van der Waals surface area contributed by atoms with E-state index in [0.29, 0.717) is 17.4 Å². The number of benzene rings is 1. The summed E-state index contributed by atoms with van der Waals surface area (Å²) in [5.74, 6) is -0.114. The van der Waals surface area contributed by atoms with Crippen molar-refractivity contribution in [2.75, 3.05) is 13.2 Å². The van der Waals surface area contributed by atoms with Crippen LogP contribution < -0.4 is 4.74 Å². The van der Waals surface area contributed by atoms with Gasteiger partial charge in [0.2, 0.25) is 0 Å². The van der Waals surface area contributed by atoms with Crippen LogP contribution in [0.3, 0.4) is 0 Å². The zero-order valence-electron chi connectivity index (χ0n) is 8.96. The lowest BCUT2D eigenvalue weighted by atomic mass is 10.3. The molecule has 0 aliphatic rings. The van der Waals surface area contributed by atoms with Crippen LogP contribution in [0.2, 0.25) is 5.02 Å². The van der Waals surface area contributed by atoms with Crippen molar-refractivity contribution in [2.24, 2.45) is 0 Å². The van der Waals surface area contributed by atoms with Gasteiger partial charge in [0, 0.05) is 3.58 Å². The smallest absolute Gasteiger partial charge is 0.337 e. The maximum atomic E-state index is 11.5. The van der Waals surface area contributed by atoms with Crippen LogP contribution in [0.4, 0.5) is 0 Å². The Balaban J connectivity index is 2.40. The van der Waals surface area contributed by atoms with Gasteiger partial charge < -0.3 is 9.47 Å². The summed E-state index contributed by atoms with van der Waals surface area (Å²) in [4.78, 5) is 11.5. The quantitative estimate of drug-likeness (QED) is 0.277. The van der Waals surface area contributed by atoms with Crippen molar-refractivity contribution in [2.45, 2.75) is 0 Å². The number of hydrogen-bond donors (Lipinski definition) is 0. The molecule has 0 bridgehead atoms. The lowest BCUT2D eigenvalue weighted by molar-refractivity contribution is -0.139. The van der Waals surface area contributed by atoms with Crippen LogP contribution in [-0.2, 0) is 9.53 Å². The summed E-state index contributed by atoms with van der Waals surface area (Å²) in [6.07, 6.45) is 0. The highest BCUT2D eigenvalue weighted by Gasteiger charge is 2.08. The van der Waals surface area contributed by atoms with Gasteiger partial charge in [0.25, 0.3) is 0 Å². The van der Waals surface area contributed by atoms with Crippen molar-refractivity contribution in [3.05, 3.63) is 34.5 Å². The molecular weight excluding hydrogens is 596 g/mol. The molecule has 0 aliphatic heterocycles. The first-order chi connectivity index (χ1) is 8.50. The van der Waals surface area contributed by atoms with Gasteiger partial charge in [-0.1, -0.05) is 23.7 Å². The largest absolute Gasteiger partial charge is 0.423 e. The Hall–Kier alpha value is 0.870. The number of rotatable bonds is 5. The van der Waals surface area contributed by atoms with Gasteiger partial charge in [0.15, 0.2) is 0 Å². The Bertz CT molecular complexity index is 459. The van der Waals surface area contributed by atoms with Crippen LogP contribution in [-0.4, -0.2) is 19.2 Å². The summed E-state index contributed by atoms with van der Waals surface area (Å²) >= 11 is 12.4. The Kier molecular flexibility index (Phi) is 8.39. The second-order valence-electron chi connectivity index (χ2n) is 3.06. The molecule has 7 heteroatoms. The van der Waals surface area contributed by atoms with Crippen LogP contribution in [0.5, 0.6) is 5.75 Å². The van der Waals surface area contributed by atoms with Crippen molar-refractivity contribution >= 4 is 85.3 Å². The van der Waals surface area contributed by atoms with E-state index in [0.717, 1.165) is 5.17 Å². The van der Waals surface area contributed by atoms with E-state index in [4.69, 9.17) is 21.1 Å². The maximum absolute atomic E-state index is 11.5. The molecule has 1 aromatic carbocycles. The van der Waals surface area contributed by atoms with Gasteiger partial charge in [-0.15, -0.1) is 0 Å². The second kappa shape index (κ2) is 8.93. The Morgan fingerprint density at radius 2 is 1.83 bits per heavy atom. The standard InChI is InChI=1S/C11H8ClI3O3/c12-7-3-1-2-4-9(7)18-10(16)6-17-5-8(13)11(14)15/h1-4H,5-6H2. The summed E-state index contributed by atoms with van der Waals surface area (Å²) in [7, 11) is 0. The zero-order valence-corrected chi connectivity index (χ0v) is 16.2. The summed E-state index contributed by atoms with van der Waals surface area (Å²) in [5, 5.41) is 0.405. The predicted molar refractivity (Wildman–Crippen MR) is 97.0 cm³/mol. The minimum Gasteiger partial charge on any atom is -0.423 e. The van der Waals surface area contributed by atoms with E-state index in [1.54, 1.807) is 24.3 Å². The summed E-state index contributed by atoms with van der Waals surface area (Å²) in [5.41, 5.74) is 0. The molecule has 1 rings (SSSR count). The molecule has 0 radical (unpaired) electrons. The maximum Gasteiger partial charge on any atom is 0.337 e. The fraction of sp³-hybridized carbons (Fsp3) is 0.182. The third kappa shape index (κ3) is 6.35. The Morgan fingerprint density at radius 1 is 1.17 bits per heavy atom. The highest BCUT2D eigenvalue weighted by molar-refractivity contribution is 14.2. The van der Waals surface area contributed by atoms with Crippen LogP contribution in [0.15, 0.2) is 29.4 Å². The number of carbonyl (C=O) groups excluding carboxylic acids is 1. The van der Waals surface area contributed by atoms with Crippen LogP contribution >= 0.6 is 79.4 Å². The van der Waals surface area contributed by atoms with Crippen LogP contribution in [0.1, 0.15) is 0 Å². The first-order valence-corrected chi connectivity index (χ1v) is 8.34. The van der Waals surface area contributed by atoms with Crippen molar-refractivity contribution < 1.29 is 14.3 Å². The van der Waals surface area contributed by atoms with E-state index in [1.807, 2.05) is 0 Å². The minimum absolute atomic E-state index is 0.0989. The van der Waals surface area contributed by atoms with Gasteiger partial charge in [-0.3, -0.25) is 0 Å². The highest BCUT2D eigenvalue weighted by Crippen LogP contribution is 2.25. The molecule has 18 heavy (non-hydrogen) atoms. The van der Waals surface area contributed by atoms with Crippen LogP contribution in [0, 0.1) is 0 Å². The second-order valence-corrected chi connectivity index (χ2v) is 8.99. The SMILES string of the molecule is O=C(COCC(I)=C(I)I)Oc1ccccc1Cl. The number of para-hydroxylation sites is 1. The third-order valence-corrected chi connectivity index (χ3v) is 6.24. The van der Waals surface area contributed by atoms with Gasteiger partial charge in [-0.05, 0) is 79.9 Å². The topological polar surface area (TPSA) is 35.5 Å². The molecule has 0 fully saturated rings. The van der Waals surface area contributed by atoms with Crippen molar-refractivity contribution in [3.8, 4) is 5.75 Å². The van der Waals surface area contributed by atoms with E-state index in [-0.39, 0.29) is 6.61 Å². The van der Waals surface area contributed by atoms with E-state index in [9.17, 15) is 4.79 Å². The summed E-state index contributed by atoms with van der Waals surface area (Å²) in [6, 6.07) is 6.82. The molecular formula is C11H8ClI3O3. The van der Waals surface area contributed by atoms with E-state index in [2.05, 4.69) is 67.8 Å². The first-order valence-electron chi connectivity index (χ1n) is 4.73. The van der Waals surface area contributed by atoms with E-state index < -0.39 is 5.97 Å². The first kappa shape index (κ1) is 16.9. The molecule has 0 spiro atoms. The highest BCUT2D eigenvalue weighted by atomic mass is 127. The number of esters is 1. The zero-order chi connectivity index (χ0) is 13.5. The van der Waals surface area contributed by atoms with Gasteiger partial charge in [-0.2, -0.15) is 0 Å². The molecule has 0 aromatic heterocycles. The molecule has 0 amide bonds. The minimum atomic E-state index is -0.462. The molecule has 0 saturated carbocycles. The Labute approximate surface area is 151 Å². The summed E-state index contributed by atoms with van der Waals surface area (Å²) < 4.78 is 12.5. The molecule has 0 saturated heterocycles. The van der Waals surface area contributed by atoms with Crippen molar-refractivity contribution in [1.82, 2.24) is 0 Å². The average molecular weight is 604 g/mol. The number of halogens is 4. The molecule has 98 valence electrons. The molecule has 3 nitrogen and oxygen atoms in total. The molecule has 1 aromatic rings. The average Bonchev–Trinajstić information content (AvgIpc) is 2.32. The monoisotopic (exact) mass is 604 g/mol. The van der Waals surface area contributed by atoms with Crippen molar-refractivity contribution in [1.29, 1.82) is 0 Å². The molecule has 0 N–H and O–H groups in total. The molecule has 0 atom stereocenters. The normalized spacial score (nSPS) is 10.0. The molecule has 0 unspecified atom stereocenters. The number of carbonyl (C=O) groups is 1. The summed E-state index contributed by atoms with van der Waals surface area (Å²) in [6.45, 7) is 0.303.